The lowest BCUT2D eigenvalue weighted by Gasteiger charge is -2.10. The van der Waals surface area contributed by atoms with Crippen molar-refractivity contribution in [2.24, 2.45) is 0 Å². The van der Waals surface area contributed by atoms with Gasteiger partial charge in [0.15, 0.2) is 0 Å². The first-order chi connectivity index (χ1) is 9.19. The van der Waals surface area contributed by atoms with Gasteiger partial charge < -0.3 is 9.88 Å². The van der Waals surface area contributed by atoms with Crippen molar-refractivity contribution in [3.8, 4) is 0 Å². The molecule has 1 aromatic heterocycles. The van der Waals surface area contributed by atoms with Gasteiger partial charge in [-0.15, -0.1) is 0 Å². The summed E-state index contributed by atoms with van der Waals surface area (Å²) in [5.41, 5.74) is 3.54. The zero-order chi connectivity index (χ0) is 13.7. The van der Waals surface area contributed by atoms with Gasteiger partial charge in [0, 0.05) is 25.4 Å². The fourth-order valence-electron chi connectivity index (χ4n) is 1.96. The van der Waals surface area contributed by atoms with Gasteiger partial charge in [-0.2, -0.15) is 0 Å². The molecular formula is C16H20N2O. The third kappa shape index (κ3) is 3.71. The maximum atomic E-state index is 11.6. The van der Waals surface area contributed by atoms with E-state index in [1.807, 2.05) is 12.3 Å². The van der Waals surface area contributed by atoms with E-state index >= 15 is 0 Å². The predicted octanol–water partition coefficient (Wildman–Crippen LogP) is 3.18. The average Bonchev–Trinajstić information content (AvgIpc) is 2.42. The third-order valence-corrected chi connectivity index (χ3v) is 3.07. The lowest BCUT2D eigenvalue weighted by molar-refractivity contribution is 0.655. The van der Waals surface area contributed by atoms with Crippen molar-refractivity contribution in [1.82, 2.24) is 4.57 Å². The van der Waals surface area contributed by atoms with Crippen LogP contribution in [-0.2, 0) is 13.1 Å². The van der Waals surface area contributed by atoms with Crippen molar-refractivity contribution in [2.45, 2.75) is 33.4 Å². The van der Waals surface area contributed by atoms with E-state index in [2.05, 4.69) is 43.4 Å². The van der Waals surface area contributed by atoms with Crippen LogP contribution in [0.15, 0.2) is 47.4 Å². The minimum atomic E-state index is 0.0581. The molecule has 3 nitrogen and oxygen atoms in total. The third-order valence-electron chi connectivity index (χ3n) is 3.07. The number of anilines is 1. The zero-order valence-electron chi connectivity index (χ0n) is 11.5. The standard InChI is InChI=1S/C16H20N2O/c1-3-10-18-12-15(8-9-16(18)19)17-11-14-6-4-13(2)5-7-14/h4-9,12,17H,3,10-11H2,1-2H3. The van der Waals surface area contributed by atoms with Crippen molar-refractivity contribution in [3.63, 3.8) is 0 Å². The van der Waals surface area contributed by atoms with Gasteiger partial charge in [0.05, 0.1) is 5.69 Å². The molecule has 0 bridgehead atoms. The maximum absolute atomic E-state index is 11.6. The van der Waals surface area contributed by atoms with E-state index < -0.39 is 0 Å². The Labute approximate surface area is 113 Å². The van der Waals surface area contributed by atoms with Crippen LogP contribution in [0.1, 0.15) is 24.5 Å². The Bertz CT molecular complexity index is 584. The Morgan fingerprint density at radius 1 is 1.11 bits per heavy atom. The van der Waals surface area contributed by atoms with Crippen LogP contribution < -0.4 is 10.9 Å². The van der Waals surface area contributed by atoms with Gasteiger partial charge in [-0.05, 0) is 25.0 Å². The number of nitrogens with zero attached hydrogens (tertiary/aromatic N) is 1. The van der Waals surface area contributed by atoms with Gasteiger partial charge >= 0.3 is 0 Å². The first-order valence-electron chi connectivity index (χ1n) is 6.69. The molecule has 0 saturated heterocycles. The molecule has 100 valence electrons. The molecule has 0 spiro atoms. The summed E-state index contributed by atoms with van der Waals surface area (Å²) in [6.45, 7) is 5.68. The molecule has 0 amide bonds. The molecule has 1 aromatic carbocycles. The summed E-state index contributed by atoms with van der Waals surface area (Å²) in [5.74, 6) is 0. The molecule has 3 heteroatoms. The summed E-state index contributed by atoms with van der Waals surface area (Å²) >= 11 is 0. The van der Waals surface area contributed by atoms with Crippen LogP contribution in [0.5, 0.6) is 0 Å². The Kier molecular flexibility index (Phi) is 4.39. The summed E-state index contributed by atoms with van der Waals surface area (Å²) in [7, 11) is 0. The van der Waals surface area contributed by atoms with E-state index in [1.54, 1.807) is 10.6 Å². The van der Waals surface area contributed by atoms with E-state index in [9.17, 15) is 4.79 Å². The van der Waals surface area contributed by atoms with E-state index in [0.717, 1.165) is 25.2 Å². The number of rotatable bonds is 5. The number of aromatic nitrogens is 1. The molecule has 0 unspecified atom stereocenters. The highest BCUT2D eigenvalue weighted by Gasteiger charge is 1.98. The number of nitrogens with one attached hydrogen (secondary N) is 1. The first kappa shape index (κ1) is 13.4. The second kappa shape index (κ2) is 6.23. The Morgan fingerprint density at radius 2 is 1.84 bits per heavy atom. The summed E-state index contributed by atoms with van der Waals surface area (Å²) in [6, 6.07) is 11.9. The Morgan fingerprint density at radius 3 is 2.53 bits per heavy atom. The largest absolute Gasteiger partial charge is 0.380 e. The molecule has 0 aliphatic carbocycles. The van der Waals surface area contributed by atoms with Crippen LogP contribution in [0.2, 0.25) is 0 Å². The van der Waals surface area contributed by atoms with Gasteiger partial charge in [-0.25, -0.2) is 0 Å². The summed E-state index contributed by atoms with van der Waals surface area (Å²) in [6.07, 6.45) is 2.85. The molecule has 0 saturated carbocycles. The second-order valence-electron chi connectivity index (χ2n) is 4.79. The van der Waals surface area contributed by atoms with Gasteiger partial charge in [0.2, 0.25) is 0 Å². The lowest BCUT2D eigenvalue weighted by Crippen LogP contribution is -2.18. The second-order valence-corrected chi connectivity index (χ2v) is 4.79. The molecule has 0 fully saturated rings. The van der Waals surface area contributed by atoms with Crippen molar-refractivity contribution in [3.05, 3.63) is 64.1 Å². The van der Waals surface area contributed by atoms with E-state index in [1.165, 1.54) is 11.1 Å². The number of benzene rings is 1. The monoisotopic (exact) mass is 256 g/mol. The summed E-state index contributed by atoms with van der Waals surface area (Å²) < 4.78 is 1.75. The Balaban J connectivity index is 2.05. The smallest absolute Gasteiger partial charge is 0.250 e. The van der Waals surface area contributed by atoms with Crippen molar-refractivity contribution in [1.29, 1.82) is 0 Å². The molecular weight excluding hydrogens is 236 g/mol. The van der Waals surface area contributed by atoms with Crippen LogP contribution >= 0.6 is 0 Å². The van der Waals surface area contributed by atoms with Crippen molar-refractivity contribution < 1.29 is 0 Å². The van der Waals surface area contributed by atoms with Crippen LogP contribution in [-0.4, -0.2) is 4.57 Å². The van der Waals surface area contributed by atoms with E-state index in [0.29, 0.717) is 0 Å². The van der Waals surface area contributed by atoms with Crippen molar-refractivity contribution in [2.75, 3.05) is 5.32 Å². The number of pyridine rings is 1. The van der Waals surface area contributed by atoms with Crippen molar-refractivity contribution >= 4 is 5.69 Å². The quantitative estimate of drug-likeness (QED) is 0.891. The zero-order valence-corrected chi connectivity index (χ0v) is 11.5. The Hall–Kier alpha value is -2.03. The first-order valence-corrected chi connectivity index (χ1v) is 6.69. The number of hydrogen-bond donors (Lipinski definition) is 1. The minimum Gasteiger partial charge on any atom is -0.380 e. The SMILES string of the molecule is CCCn1cc(NCc2ccc(C)cc2)ccc1=O. The highest BCUT2D eigenvalue weighted by molar-refractivity contribution is 5.41. The molecule has 0 atom stereocenters. The van der Waals surface area contributed by atoms with E-state index in [-0.39, 0.29) is 5.56 Å². The number of aryl methyl sites for hydroxylation is 2. The van der Waals surface area contributed by atoms with Crippen LogP contribution in [0.4, 0.5) is 5.69 Å². The lowest BCUT2D eigenvalue weighted by atomic mass is 10.1. The fourth-order valence-corrected chi connectivity index (χ4v) is 1.96. The maximum Gasteiger partial charge on any atom is 0.250 e. The van der Waals surface area contributed by atoms with Gasteiger partial charge in [-0.3, -0.25) is 4.79 Å². The average molecular weight is 256 g/mol. The summed E-state index contributed by atoms with van der Waals surface area (Å²) in [5, 5.41) is 3.35. The summed E-state index contributed by atoms with van der Waals surface area (Å²) in [4.78, 5) is 11.6. The van der Waals surface area contributed by atoms with E-state index in [4.69, 9.17) is 0 Å². The topological polar surface area (TPSA) is 34.0 Å². The predicted molar refractivity (Wildman–Crippen MR) is 79.5 cm³/mol. The fraction of sp³-hybridized carbons (Fsp3) is 0.312. The molecule has 19 heavy (non-hydrogen) atoms. The molecule has 1 heterocycles. The number of hydrogen-bond acceptors (Lipinski definition) is 2. The van der Waals surface area contributed by atoms with Gasteiger partial charge in [0.1, 0.15) is 0 Å². The van der Waals surface area contributed by atoms with Gasteiger partial charge in [-0.1, -0.05) is 36.8 Å². The minimum absolute atomic E-state index is 0.0581. The molecule has 2 aromatic rings. The van der Waals surface area contributed by atoms with Crippen LogP contribution in [0.3, 0.4) is 0 Å². The normalized spacial score (nSPS) is 10.4. The van der Waals surface area contributed by atoms with Crippen LogP contribution in [0, 0.1) is 6.92 Å². The molecule has 0 radical (unpaired) electrons. The van der Waals surface area contributed by atoms with Gasteiger partial charge in [0.25, 0.3) is 5.56 Å². The molecule has 0 aliphatic heterocycles. The molecule has 1 N–H and O–H groups in total. The highest BCUT2D eigenvalue weighted by Crippen LogP contribution is 2.08. The highest BCUT2D eigenvalue weighted by atomic mass is 16.1. The molecule has 0 aliphatic rings. The van der Waals surface area contributed by atoms with Crippen LogP contribution in [0.25, 0.3) is 0 Å². The molecule has 2 rings (SSSR count).